The molecule has 0 amide bonds. The number of methoxy groups -OCH3 is 1. The van der Waals surface area contributed by atoms with Crippen molar-refractivity contribution in [3.8, 4) is 5.75 Å². The van der Waals surface area contributed by atoms with Crippen LogP contribution in [0, 0.1) is 0 Å². The molecule has 0 aliphatic rings. The first-order valence-corrected chi connectivity index (χ1v) is 9.55. The van der Waals surface area contributed by atoms with Crippen LogP contribution in [-0.4, -0.2) is 18.8 Å². The minimum Gasteiger partial charge on any atom is -0.497 e. The number of ether oxygens (including phenoxy) is 2. The quantitative estimate of drug-likeness (QED) is 0.461. The van der Waals surface area contributed by atoms with Crippen molar-refractivity contribution in [2.24, 2.45) is 0 Å². The summed E-state index contributed by atoms with van der Waals surface area (Å²) in [6.07, 6.45) is 0. The van der Waals surface area contributed by atoms with Gasteiger partial charge in [0.05, 0.1) is 12.9 Å². The van der Waals surface area contributed by atoms with Crippen LogP contribution in [0.25, 0.3) is 11.0 Å². The molecule has 0 fully saturated rings. The number of rotatable bonds is 7. The molecule has 2 aromatic heterocycles. The zero-order valence-electron chi connectivity index (χ0n) is 13.5. The number of carbonyl (C=O) groups excluding carboxylic acids is 1. The minimum absolute atomic E-state index is 0.0345. The highest BCUT2D eigenvalue weighted by Gasteiger charge is 2.10. The molecule has 25 heavy (non-hydrogen) atoms. The summed E-state index contributed by atoms with van der Waals surface area (Å²) in [5.74, 6) is 1.33. The van der Waals surface area contributed by atoms with Gasteiger partial charge in [0.1, 0.15) is 17.9 Å². The molecule has 0 unspecified atom stereocenters. The van der Waals surface area contributed by atoms with E-state index in [-0.39, 0.29) is 18.3 Å². The van der Waals surface area contributed by atoms with Crippen LogP contribution < -0.4 is 10.4 Å². The molecular formula is C18H16O5S2. The van der Waals surface area contributed by atoms with Gasteiger partial charge < -0.3 is 13.9 Å². The Hall–Kier alpha value is -2.25. The Balaban J connectivity index is 1.62. The molecule has 3 aromatic rings. The predicted octanol–water partition coefficient (Wildman–Crippen LogP) is 3.84. The summed E-state index contributed by atoms with van der Waals surface area (Å²) in [5.41, 5.74) is 0.536. The Labute approximate surface area is 152 Å². The molecule has 0 saturated carbocycles. The third-order valence-electron chi connectivity index (χ3n) is 3.47. The molecule has 7 heteroatoms. The molecular weight excluding hydrogens is 360 g/mol. The summed E-state index contributed by atoms with van der Waals surface area (Å²) >= 11 is 3.17. The van der Waals surface area contributed by atoms with E-state index < -0.39 is 5.63 Å². The zero-order chi connectivity index (χ0) is 17.6. The number of thiophene rings is 1. The van der Waals surface area contributed by atoms with Gasteiger partial charge in [0, 0.05) is 33.7 Å². The van der Waals surface area contributed by atoms with Crippen LogP contribution in [0.1, 0.15) is 10.4 Å². The van der Waals surface area contributed by atoms with E-state index in [1.807, 2.05) is 17.5 Å². The summed E-state index contributed by atoms with van der Waals surface area (Å²) in [5, 5.41) is 2.73. The second-order valence-corrected chi connectivity index (χ2v) is 7.20. The molecule has 0 saturated heterocycles. The van der Waals surface area contributed by atoms with E-state index in [2.05, 4.69) is 0 Å². The van der Waals surface area contributed by atoms with E-state index in [9.17, 15) is 9.59 Å². The smallest absolute Gasteiger partial charge is 0.336 e. The molecule has 0 radical (unpaired) electrons. The maximum Gasteiger partial charge on any atom is 0.336 e. The van der Waals surface area contributed by atoms with Crippen molar-refractivity contribution < 1.29 is 18.7 Å². The lowest BCUT2D eigenvalue weighted by Gasteiger charge is -2.08. The number of hydrogen-bond acceptors (Lipinski definition) is 7. The van der Waals surface area contributed by atoms with Gasteiger partial charge >= 0.3 is 11.6 Å². The van der Waals surface area contributed by atoms with Gasteiger partial charge in [-0.05, 0) is 23.6 Å². The van der Waals surface area contributed by atoms with Crippen LogP contribution in [0.5, 0.6) is 5.75 Å². The molecule has 5 nitrogen and oxygen atoms in total. The van der Waals surface area contributed by atoms with Gasteiger partial charge in [-0.2, -0.15) is 0 Å². The monoisotopic (exact) mass is 376 g/mol. The van der Waals surface area contributed by atoms with Crippen LogP contribution in [0.3, 0.4) is 0 Å². The van der Waals surface area contributed by atoms with E-state index in [4.69, 9.17) is 13.9 Å². The number of benzene rings is 1. The second-order valence-electron chi connectivity index (χ2n) is 5.19. The van der Waals surface area contributed by atoms with Crippen molar-refractivity contribution in [2.45, 2.75) is 12.4 Å². The largest absolute Gasteiger partial charge is 0.497 e. The van der Waals surface area contributed by atoms with Crippen LogP contribution in [0.15, 0.2) is 51.0 Å². The average molecular weight is 376 g/mol. The van der Waals surface area contributed by atoms with E-state index in [0.29, 0.717) is 16.9 Å². The van der Waals surface area contributed by atoms with Gasteiger partial charge in [0.25, 0.3) is 0 Å². The molecule has 0 N–H and O–H groups in total. The summed E-state index contributed by atoms with van der Waals surface area (Å²) in [7, 11) is 1.54. The van der Waals surface area contributed by atoms with E-state index in [1.165, 1.54) is 22.7 Å². The normalized spacial score (nSPS) is 10.8. The minimum atomic E-state index is -0.487. The summed E-state index contributed by atoms with van der Waals surface area (Å²) in [6.45, 7) is 0.0345. The summed E-state index contributed by atoms with van der Waals surface area (Å²) in [4.78, 5) is 24.8. The highest BCUT2D eigenvalue weighted by Crippen LogP contribution is 2.23. The maximum atomic E-state index is 11.9. The summed E-state index contributed by atoms with van der Waals surface area (Å²) < 4.78 is 15.6. The van der Waals surface area contributed by atoms with Crippen molar-refractivity contribution in [3.63, 3.8) is 0 Å². The number of hydrogen-bond donors (Lipinski definition) is 0. The van der Waals surface area contributed by atoms with Gasteiger partial charge in [-0.25, -0.2) is 4.79 Å². The molecule has 130 valence electrons. The maximum absolute atomic E-state index is 11.9. The van der Waals surface area contributed by atoms with Crippen molar-refractivity contribution in [1.29, 1.82) is 0 Å². The molecule has 0 aliphatic heterocycles. The second kappa shape index (κ2) is 8.22. The Morgan fingerprint density at radius 3 is 2.92 bits per heavy atom. The Morgan fingerprint density at radius 1 is 1.28 bits per heavy atom. The van der Waals surface area contributed by atoms with Gasteiger partial charge in [-0.1, -0.05) is 6.07 Å². The van der Waals surface area contributed by atoms with E-state index in [1.54, 1.807) is 36.6 Å². The number of thioether (sulfide) groups is 1. The van der Waals surface area contributed by atoms with E-state index in [0.717, 1.165) is 11.1 Å². The van der Waals surface area contributed by atoms with Crippen molar-refractivity contribution >= 4 is 40.0 Å². The fourth-order valence-electron chi connectivity index (χ4n) is 2.29. The molecule has 0 atom stereocenters. The fourth-order valence-corrected chi connectivity index (χ4v) is 3.95. The highest BCUT2D eigenvalue weighted by atomic mass is 32.2. The molecule has 1 aromatic carbocycles. The van der Waals surface area contributed by atoms with Crippen LogP contribution in [0.4, 0.5) is 0 Å². The number of fused-ring (bicyclic) bond motifs is 1. The molecule has 0 spiro atoms. The Morgan fingerprint density at radius 2 is 2.16 bits per heavy atom. The molecule has 0 aliphatic carbocycles. The van der Waals surface area contributed by atoms with E-state index >= 15 is 0 Å². The SMILES string of the molecule is COc1ccc2c(COC(=O)CSCc3cccs3)cc(=O)oc2c1. The lowest BCUT2D eigenvalue weighted by atomic mass is 10.1. The standard InChI is InChI=1S/C18H16O5S2/c1-21-13-4-5-15-12(7-17(19)23-16(15)8-13)9-22-18(20)11-24-10-14-3-2-6-25-14/h2-8H,9-11H2,1H3. The predicted molar refractivity (Wildman–Crippen MR) is 99.3 cm³/mol. The summed E-state index contributed by atoms with van der Waals surface area (Å²) in [6, 6.07) is 10.6. The van der Waals surface area contributed by atoms with Crippen LogP contribution >= 0.6 is 23.1 Å². The van der Waals surface area contributed by atoms with Crippen LogP contribution in [-0.2, 0) is 21.9 Å². The molecule has 2 heterocycles. The van der Waals surface area contributed by atoms with Crippen molar-refractivity contribution in [2.75, 3.05) is 12.9 Å². The lowest BCUT2D eigenvalue weighted by Crippen LogP contribution is -2.09. The van der Waals surface area contributed by atoms with Gasteiger partial charge in [0.2, 0.25) is 0 Å². The van der Waals surface area contributed by atoms with Crippen LogP contribution in [0.2, 0.25) is 0 Å². The third kappa shape index (κ3) is 4.64. The third-order valence-corrected chi connectivity index (χ3v) is 5.48. The van der Waals surface area contributed by atoms with Crippen molar-refractivity contribution in [1.82, 2.24) is 0 Å². The molecule has 0 bridgehead atoms. The lowest BCUT2D eigenvalue weighted by molar-refractivity contribution is -0.141. The Kier molecular flexibility index (Phi) is 5.78. The topological polar surface area (TPSA) is 65.7 Å². The first-order valence-electron chi connectivity index (χ1n) is 7.52. The number of esters is 1. The van der Waals surface area contributed by atoms with Gasteiger partial charge in [-0.3, -0.25) is 4.79 Å². The highest BCUT2D eigenvalue weighted by molar-refractivity contribution is 7.99. The van der Waals surface area contributed by atoms with Gasteiger partial charge in [-0.15, -0.1) is 23.1 Å². The average Bonchev–Trinajstić information content (AvgIpc) is 3.12. The molecule has 3 rings (SSSR count). The van der Waals surface area contributed by atoms with Gasteiger partial charge in [0.15, 0.2) is 0 Å². The Bertz CT molecular complexity index is 915. The first-order chi connectivity index (χ1) is 12.2. The number of carbonyl (C=O) groups is 1. The first kappa shape index (κ1) is 17.6. The zero-order valence-corrected chi connectivity index (χ0v) is 15.2. The van der Waals surface area contributed by atoms with Crippen molar-refractivity contribution in [3.05, 3.63) is 62.6 Å². The fraction of sp³-hybridized carbons (Fsp3) is 0.222.